The maximum Gasteiger partial charge on any atom is 0.166 e. The highest BCUT2D eigenvalue weighted by Gasteiger charge is 2.07. The number of thiocarbonyl (C=S) groups is 1. The lowest BCUT2D eigenvalue weighted by Gasteiger charge is -2.11. The van der Waals surface area contributed by atoms with Crippen LogP contribution in [-0.4, -0.2) is 35.2 Å². The Kier molecular flexibility index (Phi) is 6.25. The molecule has 5 nitrogen and oxygen atoms in total. The van der Waals surface area contributed by atoms with Gasteiger partial charge in [-0.05, 0) is 19.1 Å². The first kappa shape index (κ1) is 14.2. The molecule has 0 fully saturated rings. The molecule has 0 aliphatic rings. The number of hydrogen-bond acceptors (Lipinski definition) is 3. The third-order valence-corrected chi connectivity index (χ3v) is 2.81. The number of ether oxygens (including phenoxy) is 1. The fourth-order valence-electron chi connectivity index (χ4n) is 1.33. The van der Waals surface area contributed by atoms with E-state index in [1.807, 2.05) is 11.6 Å². The Morgan fingerprint density at radius 3 is 3.00 bits per heavy atom. The Bertz CT molecular complexity index is 369. The van der Waals surface area contributed by atoms with Crippen molar-refractivity contribution in [3.8, 4) is 0 Å². The molecule has 1 rings (SSSR count). The number of nitrogens with zero attached hydrogens (tertiary/aromatic N) is 2. The first-order valence-corrected chi connectivity index (χ1v) is 6.18. The van der Waals surface area contributed by atoms with Crippen LogP contribution in [0.5, 0.6) is 0 Å². The van der Waals surface area contributed by atoms with Crippen LogP contribution in [-0.2, 0) is 17.8 Å². The van der Waals surface area contributed by atoms with E-state index in [9.17, 15) is 0 Å². The third-order valence-electron chi connectivity index (χ3n) is 2.21. The topological polar surface area (TPSA) is 51.1 Å². The first-order valence-electron chi connectivity index (χ1n) is 5.39. The fourth-order valence-corrected chi connectivity index (χ4v) is 1.71. The standard InChI is InChI=1S/C10H17ClN4OS/c1-3-15-9(8(11)6-14-15)7-13-10(17)12-4-5-16-2/h6H,3-5,7H2,1-2H3,(H2,12,13,17). The summed E-state index contributed by atoms with van der Waals surface area (Å²) in [6.07, 6.45) is 1.64. The summed E-state index contributed by atoms with van der Waals surface area (Å²) >= 11 is 11.1. The molecule has 2 N–H and O–H groups in total. The van der Waals surface area contributed by atoms with E-state index < -0.39 is 0 Å². The smallest absolute Gasteiger partial charge is 0.166 e. The van der Waals surface area contributed by atoms with Gasteiger partial charge in [0.25, 0.3) is 0 Å². The molecule has 1 aromatic rings. The highest BCUT2D eigenvalue weighted by atomic mass is 35.5. The van der Waals surface area contributed by atoms with E-state index in [0.717, 1.165) is 12.2 Å². The van der Waals surface area contributed by atoms with Gasteiger partial charge in [0.2, 0.25) is 0 Å². The Balaban J connectivity index is 2.39. The first-order chi connectivity index (χ1) is 8.19. The molecule has 96 valence electrons. The molecule has 0 aliphatic carbocycles. The quantitative estimate of drug-likeness (QED) is 0.603. The van der Waals surface area contributed by atoms with E-state index in [-0.39, 0.29) is 0 Å². The van der Waals surface area contributed by atoms with Crippen molar-refractivity contribution in [3.63, 3.8) is 0 Å². The molecular formula is C10H17ClN4OS. The van der Waals surface area contributed by atoms with Gasteiger partial charge in [0, 0.05) is 20.2 Å². The largest absolute Gasteiger partial charge is 0.383 e. The number of nitrogens with one attached hydrogen (secondary N) is 2. The van der Waals surface area contributed by atoms with E-state index in [2.05, 4.69) is 15.7 Å². The molecule has 0 unspecified atom stereocenters. The van der Waals surface area contributed by atoms with Crippen molar-refractivity contribution in [1.82, 2.24) is 20.4 Å². The van der Waals surface area contributed by atoms with Crippen LogP contribution >= 0.6 is 23.8 Å². The molecule has 0 aromatic carbocycles. The number of rotatable bonds is 6. The van der Waals surface area contributed by atoms with Crippen molar-refractivity contribution in [2.45, 2.75) is 20.0 Å². The van der Waals surface area contributed by atoms with Gasteiger partial charge >= 0.3 is 0 Å². The molecule has 7 heteroatoms. The van der Waals surface area contributed by atoms with Crippen molar-refractivity contribution in [1.29, 1.82) is 0 Å². The zero-order valence-electron chi connectivity index (χ0n) is 9.99. The molecule has 0 amide bonds. The maximum atomic E-state index is 6.03. The zero-order chi connectivity index (χ0) is 12.7. The molecule has 17 heavy (non-hydrogen) atoms. The second-order valence-electron chi connectivity index (χ2n) is 3.36. The van der Waals surface area contributed by atoms with Gasteiger partial charge in [-0.25, -0.2) is 0 Å². The molecule has 0 spiro atoms. The Labute approximate surface area is 111 Å². The normalized spacial score (nSPS) is 10.3. The van der Waals surface area contributed by atoms with Crippen molar-refractivity contribution in [2.24, 2.45) is 0 Å². The Hall–Kier alpha value is -0.850. The summed E-state index contributed by atoms with van der Waals surface area (Å²) in [6, 6.07) is 0. The van der Waals surface area contributed by atoms with Crippen molar-refractivity contribution >= 4 is 28.9 Å². The summed E-state index contributed by atoms with van der Waals surface area (Å²) < 4.78 is 6.75. The second kappa shape index (κ2) is 7.47. The third kappa shape index (κ3) is 4.49. The van der Waals surface area contributed by atoms with Crippen molar-refractivity contribution in [2.75, 3.05) is 20.3 Å². The van der Waals surface area contributed by atoms with Gasteiger partial charge in [-0.3, -0.25) is 4.68 Å². The summed E-state index contributed by atoms with van der Waals surface area (Å²) in [5.41, 5.74) is 0.935. The molecule has 0 atom stereocenters. The SMILES string of the molecule is CCn1ncc(Cl)c1CNC(=S)NCCOC. The van der Waals surface area contributed by atoms with Crippen LogP contribution in [0.1, 0.15) is 12.6 Å². The van der Waals surface area contributed by atoms with Crippen LogP contribution in [0.3, 0.4) is 0 Å². The fraction of sp³-hybridized carbons (Fsp3) is 0.600. The summed E-state index contributed by atoms with van der Waals surface area (Å²) in [7, 11) is 1.65. The van der Waals surface area contributed by atoms with Gasteiger partial charge < -0.3 is 15.4 Å². The number of hydrogen-bond donors (Lipinski definition) is 2. The summed E-state index contributed by atoms with van der Waals surface area (Å²) in [5, 5.41) is 11.5. The van der Waals surface area contributed by atoms with Gasteiger partial charge in [0.15, 0.2) is 5.11 Å². The van der Waals surface area contributed by atoms with Gasteiger partial charge in [-0.1, -0.05) is 11.6 Å². The Morgan fingerprint density at radius 2 is 2.35 bits per heavy atom. The lowest BCUT2D eigenvalue weighted by atomic mass is 10.4. The van der Waals surface area contributed by atoms with Crippen LogP contribution in [0.25, 0.3) is 0 Å². The van der Waals surface area contributed by atoms with Crippen LogP contribution in [0.4, 0.5) is 0 Å². The van der Waals surface area contributed by atoms with Crippen molar-refractivity contribution in [3.05, 3.63) is 16.9 Å². The number of halogens is 1. The number of aryl methyl sites for hydroxylation is 1. The molecule has 0 saturated heterocycles. The molecule has 0 saturated carbocycles. The van der Waals surface area contributed by atoms with E-state index in [1.165, 1.54) is 0 Å². The lowest BCUT2D eigenvalue weighted by Crippen LogP contribution is -2.37. The molecule has 1 heterocycles. The van der Waals surface area contributed by atoms with E-state index >= 15 is 0 Å². The Morgan fingerprint density at radius 1 is 1.59 bits per heavy atom. The van der Waals surface area contributed by atoms with Gasteiger partial charge in [-0.2, -0.15) is 5.10 Å². The molecule has 1 aromatic heterocycles. The second-order valence-corrected chi connectivity index (χ2v) is 4.17. The van der Waals surface area contributed by atoms with Crippen LogP contribution in [0.15, 0.2) is 6.20 Å². The predicted octanol–water partition coefficient (Wildman–Crippen LogP) is 1.17. The highest BCUT2D eigenvalue weighted by molar-refractivity contribution is 7.80. The molecule has 0 aliphatic heterocycles. The van der Waals surface area contributed by atoms with Gasteiger partial charge in [-0.15, -0.1) is 0 Å². The summed E-state index contributed by atoms with van der Waals surface area (Å²) in [5.74, 6) is 0. The highest BCUT2D eigenvalue weighted by Crippen LogP contribution is 2.14. The van der Waals surface area contributed by atoms with Crippen LogP contribution in [0.2, 0.25) is 5.02 Å². The summed E-state index contributed by atoms with van der Waals surface area (Å²) in [6.45, 7) is 4.67. The average Bonchev–Trinajstić information content (AvgIpc) is 2.67. The number of aromatic nitrogens is 2. The van der Waals surface area contributed by atoms with E-state index in [0.29, 0.717) is 29.8 Å². The monoisotopic (exact) mass is 276 g/mol. The molecule has 0 bridgehead atoms. The molecule has 0 radical (unpaired) electrons. The average molecular weight is 277 g/mol. The predicted molar refractivity (Wildman–Crippen MR) is 72.2 cm³/mol. The zero-order valence-corrected chi connectivity index (χ0v) is 11.6. The van der Waals surface area contributed by atoms with Crippen LogP contribution < -0.4 is 10.6 Å². The lowest BCUT2D eigenvalue weighted by molar-refractivity contribution is 0.204. The van der Waals surface area contributed by atoms with Crippen LogP contribution in [0, 0.1) is 0 Å². The minimum atomic E-state index is 0.561. The minimum absolute atomic E-state index is 0.561. The minimum Gasteiger partial charge on any atom is -0.383 e. The van der Waals surface area contributed by atoms with Crippen molar-refractivity contribution < 1.29 is 4.74 Å². The van der Waals surface area contributed by atoms with E-state index in [1.54, 1.807) is 13.3 Å². The number of methoxy groups -OCH3 is 1. The molecular weight excluding hydrogens is 260 g/mol. The van der Waals surface area contributed by atoms with Gasteiger partial charge in [0.05, 0.1) is 30.1 Å². The summed E-state index contributed by atoms with van der Waals surface area (Å²) in [4.78, 5) is 0. The maximum absolute atomic E-state index is 6.03. The van der Waals surface area contributed by atoms with Gasteiger partial charge in [0.1, 0.15) is 0 Å². The van der Waals surface area contributed by atoms with E-state index in [4.69, 9.17) is 28.6 Å².